The lowest BCUT2D eigenvalue weighted by atomic mass is 10.1. The SMILES string of the molecule is CC(C(=O)N(C)Cc1cscn1)C(N)=NO. The first-order valence-corrected chi connectivity index (χ1v) is 5.60. The predicted molar refractivity (Wildman–Crippen MR) is 61.2 cm³/mol. The molecule has 6 nitrogen and oxygen atoms in total. The van der Waals surface area contributed by atoms with Crippen molar-refractivity contribution >= 4 is 23.1 Å². The number of nitrogens with two attached hydrogens (primary N) is 1. The summed E-state index contributed by atoms with van der Waals surface area (Å²) in [6.45, 7) is 2.01. The molecule has 0 fully saturated rings. The maximum Gasteiger partial charge on any atom is 0.233 e. The van der Waals surface area contributed by atoms with Gasteiger partial charge >= 0.3 is 0 Å². The molecule has 3 N–H and O–H groups in total. The monoisotopic (exact) mass is 242 g/mol. The summed E-state index contributed by atoms with van der Waals surface area (Å²) in [6, 6.07) is 0. The van der Waals surface area contributed by atoms with Crippen molar-refractivity contribution in [2.45, 2.75) is 13.5 Å². The Morgan fingerprint density at radius 3 is 3.00 bits per heavy atom. The van der Waals surface area contributed by atoms with E-state index in [9.17, 15) is 4.79 Å². The molecule has 0 spiro atoms. The average Bonchev–Trinajstić information content (AvgIpc) is 2.78. The van der Waals surface area contributed by atoms with E-state index in [0.29, 0.717) is 6.54 Å². The fraction of sp³-hybridized carbons (Fsp3) is 0.444. The Kier molecular flexibility index (Phi) is 4.24. The number of hydrogen-bond acceptors (Lipinski definition) is 5. The van der Waals surface area contributed by atoms with Crippen molar-refractivity contribution in [3.05, 3.63) is 16.6 Å². The van der Waals surface area contributed by atoms with Crippen molar-refractivity contribution in [2.24, 2.45) is 16.8 Å². The van der Waals surface area contributed by atoms with Gasteiger partial charge < -0.3 is 15.8 Å². The van der Waals surface area contributed by atoms with E-state index in [0.717, 1.165) is 5.69 Å². The zero-order valence-electron chi connectivity index (χ0n) is 9.12. The minimum absolute atomic E-state index is 0.0878. The van der Waals surface area contributed by atoms with Crippen LogP contribution in [0.1, 0.15) is 12.6 Å². The average molecular weight is 242 g/mol. The number of rotatable bonds is 4. The molecule has 88 valence electrons. The van der Waals surface area contributed by atoms with Crippen LogP contribution in [0, 0.1) is 5.92 Å². The molecule has 7 heteroatoms. The lowest BCUT2D eigenvalue weighted by molar-refractivity contribution is -0.132. The van der Waals surface area contributed by atoms with Crippen LogP contribution in [-0.4, -0.2) is 33.9 Å². The van der Waals surface area contributed by atoms with E-state index in [-0.39, 0.29) is 11.7 Å². The highest BCUT2D eigenvalue weighted by atomic mass is 32.1. The van der Waals surface area contributed by atoms with Crippen molar-refractivity contribution in [1.29, 1.82) is 0 Å². The van der Waals surface area contributed by atoms with Gasteiger partial charge in [-0.15, -0.1) is 11.3 Å². The molecule has 0 bridgehead atoms. The third kappa shape index (κ3) is 2.93. The van der Waals surface area contributed by atoms with Crippen LogP contribution in [0.4, 0.5) is 0 Å². The van der Waals surface area contributed by atoms with E-state index < -0.39 is 5.92 Å². The maximum absolute atomic E-state index is 11.8. The Hall–Kier alpha value is -1.63. The van der Waals surface area contributed by atoms with Gasteiger partial charge in [0.05, 0.1) is 23.7 Å². The van der Waals surface area contributed by atoms with Gasteiger partial charge in [0.15, 0.2) is 5.84 Å². The molecular weight excluding hydrogens is 228 g/mol. The van der Waals surface area contributed by atoms with E-state index in [1.54, 1.807) is 19.5 Å². The van der Waals surface area contributed by atoms with Crippen LogP contribution in [-0.2, 0) is 11.3 Å². The molecular formula is C9H14N4O2S. The van der Waals surface area contributed by atoms with Gasteiger partial charge in [0.1, 0.15) is 0 Å². The minimum Gasteiger partial charge on any atom is -0.409 e. The number of thiazole rings is 1. The van der Waals surface area contributed by atoms with Gasteiger partial charge in [0.25, 0.3) is 0 Å². The normalized spacial score (nSPS) is 13.5. The standard InChI is InChI=1S/C9H14N4O2S/c1-6(8(10)12-15)9(14)13(2)3-7-4-16-5-11-7/h4-6,15H,3H2,1-2H3,(H2,10,12). The second kappa shape index (κ2) is 5.45. The van der Waals surface area contributed by atoms with Gasteiger partial charge in [-0.1, -0.05) is 5.16 Å². The van der Waals surface area contributed by atoms with Crippen LogP contribution in [0.25, 0.3) is 0 Å². The van der Waals surface area contributed by atoms with Gasteiger partial charge in [0, 0.05) is 12.4 Å². The van der Waals surface area contributed by atoms with E-state index >= 15 is 0 Å². The van der Waals surface area contributed by atoms with Gasteiger partial charge in [-0.25, -0.2) is 4.98 Å². The van der Waals surface area contributed by atoms with Crippen LogP contribution in [0.15, 0.2) is 16.0 Å². The summed E-state index contributed by atoms with van der Waals surface area (Å²) in [5.74, 6) is -0.924. The summed E-state index contributed by atoms with van der Waals surface area (Å²) in [4.78, 5) is 17.4. The molecule has 1 aromatic heterocycles. The molecule has 1 rings (SSSR count). The number of aromatic nitrogens is 1. The molecule has 1 atom stereocenters. The van der Waals surface area contributed by atoms with E-state index in [4.69, 9.17) is 10.9 Å². The van der Waals surface area contributed by atoms with Crippen LogP contribution in [0.5, 0.6) is 0 Å². The molecule has 0 aliphatic rings. The Balaban J connectivity index is 2.60. The molecule has 16 heavy (non-hydrogen) atoms. The first-order valence-electron chi connectivity index (χ1n) is 4.65. The number of hydrogen-bond donors (Lipinski definition) is 2. The largest absolute Gasteiger partial charge is 0.409 e. The van der Waals surface area contributed by atoms with Crippen molar-refractivity contribution in [2.75, 3.05) is 7.05 Å². The second-order valence-electron chi connectivity index (χ2n) is 3.42. The number of carbonyl (C=O) groups is 1. The lowest BCUT2D eigenvalue weighted by Crippen LogP contribution is -2.38. The molecule has 0 saturated heterocycles. The number of amidine groups is 1. The summed E-state index contributed by atoms with van der Waals surface area (Å²) in [5, 5.41) is 13.2. The first-order chi connectivity index (χ1) is 7.56. The fourth-order valence-electron chi connectivity index (χ4n) is 1.18. The minimum atomic E-state index is -0.631. The summed E-state index contributed by atoms with van der Waals surface area (Å²) < 4.78 is 0. The Morgan fingerprint density at radius 2 is 2.50 bits per heavy atom. The van der Waals surface area contributed by atoms with E-state index in [1.807, 2.05) is 5.38 Å². The highest BCUT2D eigenvalue weighted by Crippen LogP contribution is 2.07. The number of oxime groups is 1. The maximum atomic E-state index is 11.8. The van der Waals surface area contributed by atoms with Gasteiger partial charge in [-0.3, -0.25) is 4.79 Å². The quantitative estimate of drug-likeness (QED) is 0.348. The van der Waals surface area contributed by atoms with Crippen molar-refractivity contribution < 1.29 is 10.0 Å². The summed E-state index contributed by atoms with van der Waals surface area (Å²) in [5.41, 5.74) is 7.90. The second-order valence-corrected chi connectivity index (χ2v) is 4.14. The van der Waals surface area contributed by atoms with Gasteiger partial charge in [-0.2, -0.15) is 0 Å². The highest BCUT2D eigenvalue weighted by Gasteiger charge is 2.21. The van der Waals surface area contributed by atoms with Crippen LogP contribution >= 0.6 is 11.3 Å². The summed E-state index contributed by atoms with van der Waals surface area (Å²) >= 11 is 1.47. The predicted octanol–water partition coefficient (Wildman–Crippen LogP) is 0.484. The first kappa shape index (κ1) is 12.4. The summed E-state index contributed by atoms with van der Waals surface area (Å²) in [6.07, 6.45) is 0. The molecule has 1 heterocycles. The van der Waals surface area contributed by atoms with Crippen molar-refractivity contribution in [1.82, 2.24) is 9.88 Å². The zero-order valence-corrected chi connectivity index (χ0v) is 9.94. The Bertz CT molecular complexity index is 377. The smallest absolute Gasteiger partial charge is 0.233 e. The molecule has 1 unspecified atom stereocenters. The zero-order chi connectivity index (χ0) is 12.1. The lowest BCUT2D eigenvalue weighted by Gasteiger charge is -2.19. The van der Waals surface area contributed by atoms with Crippen molar-refractivity contribution in [3.63, 3.8) is 0 Å². The molecule has 0 radical (unpaired) electrons. The molecule has 0 aliphatic carbocycles. The van der Waals surface area contributed by atoms with E-state index in [1.165, 1.54) is 16.2 Å². The van der Waals surface area contributed by atoms with Crippen LogP contribution in [0.3, 0.4) is 0 Å². The Labute approximate surface area is 97.4 Å². The van der Waals surface area contributed by atoms with Crippen molar-refractivity contribution in [3.8, 4) is 0 Å². The molecule has 0 saturated carbocycles. The molecule has 1 aromatic rings. The molecule has 0 aliphatic heterocycles. The third-order valence-corrected chi connectivity index (χ3v) is 2.82. The Morgan fingerprint density at radius 1 is 1.81 bits per heavy atom. The number of amides is 1. The van der Waals surface area contributed by atoms with Gasteiger partial charge in [0.2, 0.25) is 5.91 Å². The van der Waals surface area contributed by atoms with E-state index in [2.05, 4.69) is 10.1 Å². The highest BCUT2D eigenvalue weighted by molar-refractivity contribution is 7.07. The number of nitrogens with zero attached hydrogens (tertiary/aromatic N) is 3. The fourth-order valence-corrected chi connectivity index (χ4v) is 1.73. The van der Waals surface area contributed by atoms with Gasteiger partial charge in [-0.05, 0) is 6.92 Å². The third-order valence-electron chi connectivity index (χ3n) is 2.19. The number of carbonyl (C=O) groups excluding carboxylic acids is 1. The molecule has 1 amide bonds. The molecule has 0 aromatic carbocycles. The van der Waals surface area contributed by atoms with Crippen LogP contribution < -0.4 is 5.73 Å². The topological polar surface area (TPSA) is 91.8 Å². The van der Waals surface area contributed by atoms with Crippen LogP contribution in [0.2, 0.25) is 0 Å². The summed E-state index contributed by atoms with van der Waals surface area (Å²) in [7, 11) is 1.66.